The van der Waals surface area contributed by atoms with E-state index < -0.39 is 16.0 Å². The van der Waals surface area contributed by atoms with Gasteiger partial charge < -0.3 is 13.9 Å². The molecule has 0 radical (unpaired) electrons. The molecule has 136 valence electrons. The molecule has 0 unspecified atom stereocenters. The van der Waals surface area contributed by atoms with E-state index in [1.165, 1.54) is 19.2 Å². The molecular weight excluding hydrogens is 354 g/mol. The van der Waals surface area contributed by atoms with E-state index in [4.69, 9.17) is 9.15 Å². The maximum atomic E-state index is 12.7. The van der Waals surface area contributed by atoms with Gasteiger partial charge in [-0.15, -0.1) is 5.69 Å². The number of sulfonamides is 1. The minimum atomic E-state index is -3.88. The van der Waals surface area contributed by atoms with Crippen molar-refractivity contribution in [3.8, 4) is 0 Å². The highest BCUT2D eigenvalue weighted by Crippen LogP contribution is 2.35. The molecule has 0 N–H and O–H groups in total. The van der Waals surface area contributed by atoms with Gasteiger partial charge in [-0.1, -0.05) is 29.8 Å². The molecule has 3 rings (SSSR count). The number of carbonyl (C=O) groups excluding carboxylic acids is 1. The Morgan fingerprint density at radius 1 is 1.08 bits per heavy atom. The van der Waals surface area contributed by atoms with E-state index in [2.05, 4.69) is 4.72 Å². The van der Waals surface area contributed by atoms with Crippen LogP contribution in [0.2, 0.25) is 0 Å². The molecule has 1 aromatic heterocycles. The lowest BCUT2D eigenvalue weighted by Gasteiger charge is -2.23. The smallest absolute Gasteiger partial charge is 0.342 e. The second-order valence-electron chi connectivity index (χ2n) is 6.04. The van der Waals surface area contributed by atoms with E-state index in [1.54, 1.807) is 38.1 Å². The molecule has 0 bridgehead atoms. The van der Waals surface area contributed by atoms with Gasteiger partial charge in [-0.25, -0.2) is 13.2 Å². The van der Waals surface area contributed by atoms with E-state index in [9.17, 15) is 13.2 Å². The number of hydrogen-bond donors (Lipinski definition) is 0. The van der Waals surface area contributed by atoms with E-state index in [-0.39, 0.29) is 16.1 Å². The summed E-state index contributed by atoms with van der Waals surface area (Å²) in [4.78, 5) is 12.1. The van der Waals surface area contributed by atoms with Crippen LogP contribution in [0.5, 0.6) is 0 Å². The number of benzene rings is 2. The SMILES string of the molecule is COC(=O)c1c(C)oc2ccc([N-]S(=O)(=O)c3ccc(C)cc3C)cc12. The monoisotopic (exact) mass is 372 g/mol. The van der Waals surface area contributed by atoms with Crippen molar-refractivity contribution in [2.24, 2.45) is 0 Å². The third kappa shape index (κ3) is 3.17. The normalized spacial score (nSPS) is 11.5. The molecule has 0 saturated carbocycles. The van der Waals surface area contributed by atoms with Gasteiger partial charge in [0.25, 0.3) is 0 Å². The van der Waals surface area contributed by atoms with Crippen LogP contribution >= 0.6 is 0 Å². The molecule has 0 aliphatic rings. The first-order valence-electron chi connectivity index (χ1n) is 7.89. The van der Waals surface area contributed by atoms with Crippen LogP contribution in [-0.2, 0) is 14.8 Å². The fourth-order valence-electron chi connectivity index (χ4n) is 2.90. The zero-order valence-corrected chi connectivity index (χ0v) is 15.7. The van der Waals surface area contributed by atoms with Gasteiger partial charge in [-0.2, -0.15) is 0 Å². The van der Waals surface area contributed by atoms with Crippen molar-refractivity contribution in [3.63, 3.8) is 0 Å². The number of carbonyl (C=O) groups is 1. The fraction of sp³-hybridized carbons (Fsp3) is 0.211. The molecule has 26 heavy (non-hydrogen) atoms. The predicted octanol–water partition coefficient (Wildman–Crippen LogP) is 4.54. The van der Waals surface area contributed by atoms with Gasteiger partial charge in [-0.3, -0.25) is 0 Å². The zero-order chi connectivity index (χ0) is 19.1. The summed E-state index contributed by atoms with van der Waals surface area (Å²) in [7, 11) is -2.61. The summed E-state index contributed by atoms with van der Waals surface area (Å²) < 4.78 is 39.6. The highest BCUT2D eigenvalue weighted by Gasteiger charge is 2.18. The summed E-state index contributed by atoms with van der Waals surface area (Å²) in [6, 6.07) is 9.70. The standard InChI is InChI=1S/C19H18NO5S/c1-11-5-8-17(12(2)9-11)26(22,23)20-14-6-7-16-15(10-14)18(13(3)25-16)19(21)24-4/h5-10H,1-4H3/q-1. The van der Waals surface area contributed by atoms with Crippen LogP contribution in [-0.4, -0.2) is 21.5 Å². The van der Waals surface area contributed by atoms with Crippen LogP contribution in [0, 0.1) is 20.8 Å². The van der Waals surface area contributed by atoms with Gasteiger partial charge in [0.2, 0.25) is 0 Å². The summed E-state index contributed by atoms with van der Waals surface area (Å²) in [5.41, 5.74) is 2.54. The van der Waals surface area contributed by atoms with Crippen LogP contribution in [0.4, 0.5) is 5.69 Å². The van der Waals surface area contributed by atoms with Crippen molar-refractivity contribution >= 4 is 32.6 Å². The minimum Gasteiger partial charge on any atom is -0.573 e. The second kappa shape index (κ2) is 6.49. The Balaban J connectivity index is 2.04. The number of hydrogen-bond acceptors (Lipinski definition) is 5. The fourth-order valence-corrected chi connectivity index (χ4v) is 4.09. The van der Waals surface area contributed by atoms with Crippen molar-refractivity contribution < 1.29 is 22.4 Å². The van der Waals surface area contributed by atoms with Gasteiger partial charge >= 0.3 is 5.97 Å². The van der Waals surface area contributed by atoms with Crippen LogP contribution in [0.25, 0.3) is 15.7 Å². The van der Waals surface area contributed by atoms with Crippen molar-refractivity contribution in [3.05, 3.63) is 63.6 Å². The molecule has 3 aromatic rings. The topological polar surface area (TPSA) is 87.7 Å². The number of esters is 1. The molecule has 7 heteroatoms. The van der Waals surface area contributed by atoms with Gasteiger partial charge in [0, 0.05) is 5.39 Å². The van der Waals surface area contributed by atoms with Crippen molar-refractivity contribution in [2.75, 3.05) is 7.11 Å². The number of methoxy groups -OCH3 is 1. The Morgan fingerprint density at radius 2 is 1.81 bits per heavy atom. The number of furan rings is 1. The largest absolute Gasteiger partial charge is 0.573 e. The maximum Gasteiger partial charge on any atom is 0.342 e. The number of ether oxygens (including phenoxy) is 1. The Kier molecular flexibility index (Phi) is 4.50. The lowest BCUT2D eigenvalue weighted by atomic mass is 10.1. The summed E-state index contributed by atoms with van der Waals surface area (Å²) in [6.45, 7) is 5.27. The Labute approximate surface area is 151 Å². The lowest BCUT2D eigenvalue weighted by molar-refractivity contribution is 0.0600. The average Bonchev–Trinajstić information content (AvgIpc) is 2.88. The number of nitrogens with zero attached hydrogens (tertiary/aromatic N) is 1. The molecule has 6 nitrogen and oxygen atoms in total. The van der Waals surface area contributed by atoms with Crippen LogP contribution in [0.3, 0.4) is 0 Å². The first-order chi connectivity index (χ1) is 12.2. The summed E-state index contributed by atoms with van der Waals surface area (Å²) in [5, 5.41) is 0.464. The molecule has 0 aliphatic heterocycles. The van der Waals surface area contributed by atoms with E-state index in [0.29, 0.717) is 22.3 Å². The van der Waals surface area contributed by atoms with Crippen molar-refractivity contribution in [1.29, 1.82) is 0 Å². The maximum absolute atomic E-state index is 12.7. The molecule has 0 aliphatic carbocycles. The zero-order valence-electron chi connectivity index (χ0n) is 14.9. The molecule has 0 atom stereocenters. The minimum absolute atomic E-state index is 0.153. The summed E-state index contributed by atoms with van der Waals surface area (Å²) in [6.07, 6.45) is 0. The first kappa shape index (κ1) is 18.0. The Bertz CT molecular complexity index is 1110. The van der Waals surface area contributed by atoms with Crippen molar-refractivity contribution in [2.45, 2.75) is 25.7 Å². The van der Waals surface area contributed by atoms with E-state index in [0.717, 1.165) is 5.56 Å². The highest BCUT2D eigenvalue weighted by molar-refractivity contribution is 7.94. The van der Waals surface area contributed by atoms with Gasteiger partial charge in [0.05, 0.1) is 12.0 Å². The second-order valence-corrected chi connectivity index (χ2v) is 7.61. The molecule has 0 spiro atoms. The highest BCUT2D eigenvalue weighted by atomic mass is 32.2. The molecule has 1 heterocycles. The van der Waals surface area contributed by atoms with Gasteiger partial charge in [0.15, 0.2) is 0 Å². The first-order valence-corrected chi connectivity index (χ1v) is 9.33. The predicted molar refractivity (Wildman–Crippen MR) is 98.4 cm³/mol. The van der Waals surface area contributed by atoms with Crippen molar-refractivity contribution in [1.82, 2.24) is 0 Å². The van der Waals surface area contributed by atoms with Gasteiger partial charge in [-0.05, 0) is 38.5 Å². The average molecular weight is 372 g/mol. The third-order valence-corrected chi connectivity index (χ3v) is 5.54. The molecule has 0 fully saturated rings. The van der Waals surface area contributed by atoms with Crippen LogP contribution in [0.15, 0.2) is 45.7 Å². The Morgan fingerprint density at radius 3 is 2.46 bits per heavy atom. The number of fused-ring (bicyclic) bond motifs is 1. The molecule has 0 amide bonds. The van der Waals surface area contributed by atoms with Gasteiger partial charge in [0.1, 0.15) is 26.9 Å². The summed E-state index contributed by atoms with van der Waals surface area (Å²) in [5.74, 6) is -0.142. The molecule has 0 saturated heterocycles. The van der Waals surface area contributed by atoms with Crippen LogP contribution < -0.4 is 0 Å². The van der Waals surface area contributed by atoms with E-state index >= 15 is 0 Å². The number of aryl methyl sites for hydroxylation is 3. The summed E-state index contributed by atoms with van der Waals surface area (Å²) >= 11 is 0. The molecule has 2 aromatic carbocycles. The molecular formula is C19H18NO5S-. The van der Waals surface area contributed by atoms with E-state index in [1.807, 2.05) is 6.92 Å². The quantitative estimate of drug-likeness (QED) is 0.628. The Hall–Kier alpha value is -2.80. The lowest BCUT2D eigenvalue weighted by Crippen LogP contribution is -2.02. The third-order valence-electron chi connectivity index (χ3n) is 4.07. The van der Waals surface area contributed by atoms with Crippen LogP contribution in [0.1, 0.15) is 27.2 Å². The number of rotatable bonds is 4.